The molecule has 2 aliphatic rings. The molecule has 5 aromatic rings. The number of carboxylic acids is 1. The summed E-state index contributed by atoms with van der Waals surface area (Å²) in [5.41, 5.74) is 0.214. The van der Waals surface area contributed by atoms with E-state index in [1.54, 1.807) is 48.5 Å². The number of carbonyl (C=O) groups is 9. The Morgan fingerprint density at radius 2 is 1.21 bits per heavy atom. The molecule has 0 aliphatic carbocycles. The molecular weight excluding hydrogens is 939 g/mol. The maximum atomic E-state index is 14.8. The molecule has 2 aliphatic heterocycles. The molecule has 1 unspecified atom stereocenters. The lowest BCUT2D eigenvalue weighted by molar-refractivity contribution is -0.384. The van der Waals surface area contributed by atoms with Gasteiger partial charge in [-0.2, -0.15) is 0 Å². The van der Waals surface area contributed by atoms with Crippen LogP contribution in [0.3, 0.4) is 0 Å². The van der Waals surface area contributed by atoms with Crippen LogP contribution in [-0.4, -0.2) is 141 Å². The summed E-state index contributed by atoms with van der Waals surface area (Å²) in [5.74, 6) is -6.94. The summed E-state index contributed by atoms with van der Waals surface area (Å²) >= 11 is 0. The molecule has 5 N–H and O–H groups in total. The summed E-state index contributed by atoms with van der Waals surface area (Å²) < 4.78 is 0. The average Bonchev–Trinajstić information content (AvgIpc) is 3.36. The van der Waals surface area contributed by atoms with E-state index in [4.69, 9.17) is 5.11 Å². The fourth-order valence-electron chi connectivity index (χ4n) is 8.58. The van der Waals surface area contributed by atoms with Gasteiger partial charge in [0.05, 0.1) is 33.9 Å². The Balaban J connectivity index is 1.07. The van der Waals surface area contributed by atoms with Crippen LogP contribution in [0.15, 0.2) is 91.0 Å². The topological polar surface area (TPSA) is 318 Å². The zero-order valence-electron chi connectivity index (χ0n) is 38.6. The number of nitro benzene ring substituents is 2. The molecule has 72 heavy (non-hydrogen) atoms. The minimum Gasteiger partial charge on any atom is -0.481 e. The van der Waals surface area contributed by atoms with Crippen LogP contribution >= 0.6 is 0 Å². The molecule has 7 rings (SSSR count). The predicted molar refractivity (Wildman–Crippen MR) is 256 cm³/mol. The molecule has 5 aromatic carbocycles. The van der Waals surface area contributed by atoms with Crippen LogP contribution in [-0.2, 0) is 30.4 Å². The maximum absolute atomic E-state index is 14.8. The van der Waals surface area contributed by atoms with Crippen LogP contribution in [0, 0.1) is 20.2 Å². The third-order valence-corrected chi connectivity index (χ3v) is 12.1. The largest absolute Gasteiger partial charge is 0.481 e. The molecular formula is C49H47N9O14. The molecule has 0 bridgehead atoms. The van der Waals surface area contributed by atoms with Crippen LogP contribution in [0.1, 0.15) is 73.2 Å². The number of hydrogen-bond donors (Lipinski definition) is 5. The quantitative estimate of drug-likeness (QED) is 0.0272. The summed E-state index contributed by atoms with van der Waals surface area (Å²) in [4.78, 5) is 144. The van der Waals surface area contributed by atoms with Crippen molar-refractivity contribution in [1.82, 2.24) is 36.0 Å². The lowest BCUT2D eigenvalue weighted by Crippen LogP contribution is -2.56. The number of hydrogen-bond acceptors (Lipinski definition) is 14. The molecule has 0 saturated heterocycles. The van der Waals surface area contributed by atoms with E-state index in [-0.39, 0.29) is 97.5 Å². The molecule has 0 fully saturated rings. The number of nitrogens with one attached hydrogen (secondary N) is 4. The van der Waals surface area contributed by atoms with Crippen molar-refractivity contribution in [2.24, 2.45) is 0 Å². The molecule has 2 heterocycles. The number of carbonyl (C=O) groups excluding carboxylic acids is 8. The molecule has 8 amide bonds. The van der Waals surface area contributed by atoms with Crippen LogP contribution in [0.4, 0.5) is 11.4 Å². The first kappa shape index (κ1) is 50.9. The number of carboxylic acid groups (broad SMARTS) is 1. The van der Waals surface area contributed by atoms with Crippen LogP contribution in [0.2, 0.25) is 0 Å². The molecule has 23 heteroatoms. The van der Waals surface area contributed by atoms with Gasteiger partial charge in [0.1, 0.15) is 12.1 Å². The number of non-ortho nitro benzene ring substituents is 2. The van der Waals surface area contributed by atoms with Gasteiger partial charge in [0.2, 0.25) is 23.6 Å². The van der Waals surface area contributed by atoms with E-state index >= 15 is 0 Å². The van der Waals surface area contributed by atoms with Gasteiger partial charge in [0, 0.05) is 91.7 Å². The number of benzene rings is 5. The zero-order chi connectivity index (χ0) is 51.8. The number of amides is 8. The van der Waals surface area contributed by atoms with Crippen molar-refractivity contribution in [3.8, 4) is 0 Å². The molecule has 0 spiro atoms. The van der Waals surface area contributed by atoms with Gasteiger partial charge in [-0.25, -0.2) is 0 Å². The summed E-state index contributed by atoms with van der Waals surface area (Å²) in [7, 11) is 0. The normalized spacial score (nSPS) is 13.7. The maximum Gasteiger partial charge on any atom is 0.303 e. The van der Waals surface area contributed by atoms with Crippen molar-refractivity contribution >= 4 is 86.1 Å². The molecule has 372 valence electrons. The molecule has 0 aromatic heterocycles. The number of aliphatic carboxylic acids is 1. The third kappa shape index (κ3) is 11.4. The van der Waals surface area contributed by atoms with Crippen molar-refractivity contribution in [2.45, 2.75) is 44.7 Å². The van der Waals surface area contributed by atoms with Crippen molar-refractivity contribution in [1.29, 1.82) is 0 Å². The number of imide groups is 2. The van der Waals surface area contributed by atoms with Crippen LogP contribution < -0.4 is 21.3 Å². The van der Waals surface area contributed by atoms with Gasteiger partial charge in [-0.3, -0.25) is 73.2 Å². The first-order chi connectivity index (χ1) is 34.4. The highest BCUT2D eigenvalue weighted by molar-refractivity contribution is 6.27. The number of nitrogens with zero attached hydrogens (tertiary/aromatic N) is 5. The highest BCUT2D eigenvalue weighted by Crippen LogP contribution is 2.35. The van der Waals surface area contributed by atoms with Gasteiger partial charge < -0.3 is 31.3 Å². The van der Waals surface area contributed by atoms with E-state index in [9.17, 15) is 63.4 Å². The molecule has 0 radical (unpaired) electrons. The monoisotopic (exact) mass is 985 g/mol. The minimum atomic E-state index is -1.30. The predicted octanol–water partition coefficient (Wildman–Crippen LogP) is 2.72. The first-order valence-electron chi connectivity index (χ1n) is 22.7. The standard InChI is InChI=1S/C49H47N9O14/c1-28(52-40(60)27-51-39(59)14-15-41(61)62)44(63)53-38(22-29-8-3-2-4-9-29)49(68)54(20-21-56-46(65)35-13-6-11-31-24-33(58(71)72)26-37(43(31)35)48(56)67)18-7-16-50-17-19-55-45(64)34-12-5-10-30-23-32(57(69)70)25-36(42(30)34)47(55)66/h2-6,8-13,23-26,28,38,50H,7,14-22,27H2,1H3,(H,51,59)(H,52,60)(H,53,63)(H,61,62)/t28?,38-/m0/s1. The molecule has 23 nitrogen and oxygen atoms in total. The molecule has 2 atom stereocenters. The van der Waals surface area contributed by atoms with Crippen LogP contribution in [0.5, 0.6) is 0 Å². The van der Waals surface area contributed by atoms with E-state index < -0.39 is 88.1 Å². The van der Waals surface area contributed by atoms with Crippen LogP contribution in [0.25, 0.3) is 21.5 Å². The second-order valence-corrected chi connectivity index (χ2v) is 17.0. The Kier molecular flexibility index (Phi) is 15.7. The van der Waals surface area contributed by atoms with E-state index in [0.29, 0.717) is 21.7 Å². The Morgan fingerprint density at radius 1 is 0.653 bits per heavy atom. The second kappa shape index (κ2) is 22.2. The van der Waals surface area contributed by atoms with Gasteiger partial charge in [-0.15, -0.1) is 0 Å². The summed E-state index contributed by atoms with van der Waals surface area (Å²) in [5, 5.41) is 44.1. The van der Waals surface area contributed by atoms with E-state index in [0.717, 1.165) is 21.9 Å². The Hall–Kier alpha value is -8.99. The van der Waals surface area contributed by atoms with Crippen molar-refractivity contribution in [3.05, 3.63) is 139 Å². The molecule has 0 saturated carbocycles. The van der Waals surface area contributed by atoms with Gasteiger partial charge >= 0.3 is 5.97 Å². The summed E-state index contributed by atoms with van der Waals surface area (Å²) in [6.45, 7) is 0.210. The van der Waals surface area contributed by atoms with Crippen molar-refractivity contribution in [3.63, 3.8) is 0 Å². The highest BCUT2D eigenvalue weighted by Gasteiger charge is 2.37. The van der Waals surface area contributed by atoms with Gasteiger partial charge in [0.25, 0.3) is 35.0 Å². The first-order valence-corrected chi connectivity index (χ1v) is 22.7. The van der Waals surface area contributed by atoms with E-state index in [2.05, 4.69) is 21.3 Å². The van der Waals surface area contributed by atoms with E-state index in [1.165, 1.54) is 42.2 Å². The Labute approximate surface area is 408 Å². The zero-order valence-corrected chi connectivity index (χ0v) is 38.6. The summed E-state index contributed by atoms with van der Waals surface area (Å²) in [6.07, 6.45) is -0.678. The van der Waals surface area contributed by atoms with Gasteiger partial charge in [0.15, 0.2) is 0 Å². The fourth-order valence-corrected chi connectivity index (χ4v) is 8.58. The lowest BCUT2D eigenvalue weighted by atomic mass is 9.93. The third-order valence-electron chi connectivity index (χ3n) is 12.1. The van der Waals surface area contributed by atoms with Gasteiger partial charge in [-0.05, 0) is 48.4 Å². The number of nitro groups is 2. The van der Waals surface area contributed by atoms with Crippen molar-refractivity contribution in [2.75, 3.05) is 45.8 Å². The Bertz CT molecular complexity index is 3070. The lowest BCUT2D eigenvalue weighted by Gasteiger charge is -2.32. The van der Waals surface area contributed by atoms with Crippen molar-refractivity contribution < 1.29 is 58.1 Å². The minimum absolute atomic E-state index is 0.0139. The highest BCUT2D eigenvalue weighted by atomic mass is 16.6. The summed E-state index contributed by atoms with van der Waals surface area (Å²) in [6, 6.07) is 20.1. The number of rotatable bonds is 23. The fraction of sp³-hybridized carbons (Fsp3) is 0.286. The average molecular weight is 986 g/mol. The van der Waals surface area contributed by atoms with E-state index in [1.807, 2.05) is 0 Å². The Morgan fingerprint density at radius 3 is 1.76 bits per heavy atom. The van der Waals surface area contributed by atoms with Gasteiger partial charge in [-0.1, -0.05) is 54.6 Å². The second-order valence-electron chi connectivity index (χ2n) is 17.0. The SMILES string of the molecule is CC(NC(=O)CNC(=O)CCC(=O)O)C(=O)N[C@@H](Cc1ccccc1)C(=O)N(CCCNCCN1C(=O)c2cccc3cc([N+](=O)[O-])cc(c23)C1=O)CCN1C(=O)c2cccc3cc([N+](=O)[O-])cc(c23)C1=O. The smallest absolute Gasteiger partial charge is 0.303 e.